The third-order valence-electron chi connectivity index (χ3n) is 3.11. The number of hydrogen-bond donors (Lipinski definition) is 2. The van der Waals surface area contributed by atoms with Crippen molar-refractivity contribution in [2.24, 2.45) is 0 Å². The zero-order valence-corrected chi connectivity index (χ0v) is 11.9. The Balaban J connectivity index is 1.69. The predicted molar refractivity (Wildman–Crippen MR) is 78.1 cm³/mol. The van der Waals surface area contributed by atoms with Gasteiger partial charge in [0.2, 0.25) is 0 Å². The Morgan fingerprint density at radius 1 is 1.45 bits per heavy atom. The molecular weight excluding hydrogens is 256 g/mol. The average molecular weight is 278 g/mol. The highest BCUT2D eigenvalue weighted by atomic mass is 16.5. The first kappa shape index (κ1) is 14.7. The number of anilines is 1. The molecule has 0 bridgehead atoms. The number of hydrogen-bond acceptors (Lipinski definition) is 4. The summed E-state index contributed by atoms with van der Waals surface area (Å²) >= 11 is 0. The molecule has 5 nitrogen and oxygen atoms in total. The summed E-state index contributed by atoms with van der Waals surface area (Å²) in [7, 11) is 0. The predicted octanol–water partition coefficient (Wildman–Crippen LogP) is 1.79. The average Bonchev–Trinajstić information content (AvgIpc) is 2.50. The van der Waals surface area contributed by atoms with Crippen LogP contribution < -0.4 is 15.4 Å². The molecule has 1 aromatic rings. The Bertz CT molecular complexity index is 437. The molecule has 5 heteroatoms. The van der Waals surface area contributed by atoms with Crippen molar-refractivity contribution in [1.82, 2.24) is 5.32 Å². The summed E-state index contributed by atoms with van der Waals surface area (Å²) in [5.74, 6) is 0.615. The van der Waals surface area contributed by atoms with Gasteiger partial charge in [0, 0.05) is 13.2 Å². The van der Waals surface area contributed by atoms with Crippen LogP contribution in [0.25, 0.3) is 0 Å². The highest BCUT2D eigenvalue weighted by molar-refractivity contribution is 5.83. The quantitative estimate of drug-likeness (QED) is 0.747. The molecule has 1 amide bonds. The SMILES string of the molecule is CCCCOCCNC(=O)C1CNc2ccccc2O1. The number of unbranched alkanes of at least 4 members (excludes halogenated alkanes) is 1. The monoisotopic (exact) mass is 278 g/mol. The van der Waals surface area contributed by atoms with Crippen LogP contribution in [-0.4, -0.2) is 38.3 Å². The molecule has 0 radical (unpaired) electrons. The first-order valence-corrected chi connectivity index (χ1v) is 7.16. The number of para-hydroxylation sites is 2. The first-order chi connectivity index (χ1) is 9.81. The summed E-state index contributed by atoms with van der Waals surface area (Å²) in [5.41, 5.74) is 0.930. The van der Waals surface area contributed by atoms with Crippen molar-refractivity contribution in [3.63, 3.8) is 0 Å². The van der Waals surface area contributed by atoms with Crippen LogP contribution in [0.4, 0.5) is 5.69 Å². The Labute approximate surface area is 119 Å². The maximum Gasteiger partial charge on any atom is 0.263 e. The van der Waals surface area contributed by atoms with Gasteiger partial charge in [-0.3, -0.25) is 4.79 Å². The zero-order valence-electron chi connectivity index (χ0n) is 11.9. The zero-order chi connectivity index (χ0) is 14.2. The van der Waals surface area contributed by atoms with Gasteiger partial charge in [0.05, 0.1) is 18.8 Å². The van der Waals surface area contributed by atoms with Crippen molar-refractivity contribution in [3.8, 4) is 5.75 Å². The van der Waals surface area contributed by atoms with Crippen LogP contribution in [0, 0.1) is 0 Å². The van der Waals surface area contributed by atoms with E-state index in [1.807, 2.05) is 24.3 Å². The van der Waals surface area contributed by atoms with E-state index in [0.717, 1.165) is 30.9 Å². The van der Waals surface area contributed by atoms with Crippen molar-refractivity contribution in [2.75, 3.05) is 31.6 Å². The van der Waals surface area contributed by atoms with Gasteiger partial charge in [-0.25, -0.2) is 0 Å². The van der Waals surface area contributed by atoms with Gasteiger partial charge in [0.25, 0.3) is 5.91 Å². The van der Waals surface area contributed by atoms with Crippen molar-refractivity contribution in [1.29, 1.82) is 0 Å². The number of carbonyl (C=O) groups is 1. The summed E-state index contributed by atoms with van der Waals surface area (Å²) in [5, 5.41) is 6.03. The minimum absolute atomic E-state index is 0.105. The number of nitrogens with one attached hydrogen (secondary N) is 2. The van der Waals surface area contributed by atoms with Crippen LogP contribution in [0.1, 0.15) is 19.8 Å². The van der Waals surface area contributed by atoms with Crippen molar-refractivity contribution < 1.29 is 14.3 Å². The number of ether oxygens (including phenoxy) is 2. The second kappa shape index (κ2) is 7.75. The molecular formula is C15H22N2O3. The molecule has 2 N–H and O–H groups in total. The highest BCUT2D eigenvalue weighted by Gasteiger charge is 2.25. The van der Waals surface area contributed by atoms with E-state index < -0.39 is 6.10 Å². The summed E-state index contributed by atoms with van der Waals surface area (Å²) in [6.45, 7) is 4.42. The van der Waals surface area contributed by atoms with Gasteiger partial charge in [0.15, 0.2) is 6.10 Å². The van der Waals surface area contributed by atoms with Crippen molar-refractivity contribution >= 4 is 11.6 Å². The lowest BCUT2D eigenvalue weighted by Gasteiger charge is -2.26. The lowest BCUT2D eigenvalue weighted by atomic mass is 10.2. The summed E-state index contributed by atoms with van der Waals surface area (Å²) in [6.07, 6.45) is 1.69. The Kier molecular flexibility index (Phi) is 5.68. The maximum atomic E-state index is 12.0. The van der Waals surface area contributed by atoms with Crippen molar-refractivity contribution in [3.05, 3.63) is 24.3 Å². The molecule has 1 aliphatic rings. The normalized spacial score (nSPS) is 16.8. The fourth-order valence-electron chi connectivity index (χ4n) is 1.97. The molecule has 1 aliphatic heterocycles. The largest absolute Gasteiger partial charge is 0.477 e. The highest BCUT2D eigenvalue weighted by Crippen LogP contribution is 2.27. The number of fused-ring (bicyclic) bond motifs is 1. The Morgan fingerprint density at radius 2 is 2.30 bits per heavy atom. The molecule has 1 aromatic carbocycles. The third-order valence-corrected chi connectivity index (χ3v) is 3.11. The minimum Gasteiger partial charge on any atom is -0.477 e. The number of benzene rings is 1. The molecule has 1 heterocycles. The molecule has 2 rings (SSSR count). The fraction of sp³-hybridized carbons (Fsp3) is 0.533. The molecule has 1 unspecified atom stereocenters. The summed E-state index contributed by atoms with van der Waals surface area (Å²) < 4.78 is 11.1. The van der Waals surface area contributed by atoms with E-state index in [9.17, 15) is 4.79 Å². The van der Waals surface area contributed by atoms with E-state index in [2.05, 4.69) is 17.6 Å². The van der Waals surface area contributed by atoms with Crippen LogP contribution >= 0.6 is 0 Å². The molecule has 110 valence electrons. The molecule has 1 atom stereocenters. The maximum absolute atomic E-state index is 12.0. The van der Waals surface area contributed by atoms with E-state index in [-0.39, 0.29) is 5.91 Å². The fourth-order valence-corrected chi connectivity index (χ4v) is 1.97. The van der Waals surface area contributed by atoms with Crippen LogP contribution in [-0.2, 0) is 9.53 Å². The number of amides is 1. The molecule has 0 spiro atoms. The number of rotatable bonds is 7. The molecule has 0 fully saturated rings. The first-order valence-electron chi connectivity index (χ1n) is 7.16. The van der Waals surface area contributed by atoms with E-state index in [1.54, 1.807) is 0 Å². The van der Waals surface area contributed by atoms with Gasteiger partial charge in [-0.15, -0.1) is 0 Å². The molecule has 20 heavy (non-hydrogen) atoms. The van der Waals surface area contributed by atoms with Gasteiger partial charge in [-0.1, -0.05) is 25.5 Å². The number of carbonyl (C=O) groups excluding carboxylic acids is 1. The summed E-state index contributed by atoms with van der Waals surface area (Å²) in [6, 6.07) is 7.62. The molecule has 0 aromatic heterocycles. The van der Waals surface area contributed by atoms with Gasteiger partial charge in [-0.05, 0) is 18.6 Å². The van der Waals surface area contributed by atoms with Gasteiger partial charge in [0.1, 0.15) is 5.75 Å². The lowest BCUT2D eigenvalue weighted by molar-refractivity contribution is -0.127. The second-order valence-electron chi connectivity index (χ2n) is 4.74. The Morgan fingerprint density at radius 3 is 3.15 bits per heavy atom. The van der Waals surface area contributed by atoms with E-state index in [1.165, 1.54) is 0 Å². The summed E-state index contributed by atoms with van der Waals surface area (Å²) in [4.78, 5) is 12.0. The minimum atomic E-state index is -0.486. The van der Waals surface area contributed by atoms with Crippen LogP contribution in [0.15, 0.2) is 24.3 Å². The smallest absolute Gasteiger partial charge is 0.263 e. The molecule has 0 saturated heterocycles. The molecule has 0 saturated carbocycles. The second-order valence-corrected chi connectivity index (χ2v) is 4.74. The van der Waals surface area contributed by atoms with E-state index >= 15 is 0 Å². The standard InChI is InChI=1S/C15H22N2O3/c1-2-3-9-19-10-8-16-15(18)14-11-17-12-6-4-5-7-13(12)20-14/h4-7,14,17H,2-3,8-11H2,1H3,(H,16,18). The van der Waals surface area contributed by atoms with Gasteiger partial charge in [-0.2, -0.15) is 0 Å². The van der Waals surface area contributed by atoms with Crippen LogP contribution in [0.2, 0.25) is 0 Å². The van der Waals surface area contributed by atoms with Gasteiger partial charge >= 0.3 is 0 Å². The Hall–Kier alpha value is -1.75. The van der Waals surface area contributed by atoms with Gasteiger partial charge < -0.3 is 20.1 Å². The van der Waals surface area contributed by atoms with Crippen LogP contribution in [0.3, 0.4) is 0 Å². The topological polar surface area (TPSA) is 59.6 Å². The third kappa shape index (κ3) is 4.13. The van der Waals surface area contributed by atoms with E-state index in [4.69, 9.17) is 9.47 Å². The lowest BCUT2D eigenvalue weighted by Crippen LogP contribution is -2.45. The van der Waals surface area contributed by atoms with Crippen molar-refractivity contribution in [2.45, 2.75) is 25.9 Å². The van der Waals surface area contributed by atoms with Crippen LogP contribution in [0.5, 0.6) is 5.75 Å². The van der Waals surface area contributed by atoms with E-state index in [0.29, 0.717) is 19.7 Å². The molecule has 0 aliphatic carbocycles.